The molecule has 1 aromatic carbocycles. The van der Waals surface area contributed by atoms with Crippen LogP contribution in [0.5, 0.6) is 0 Å². The van der Waals surface area contributed by atoms with Gasteiger partial charge < -0.3 is 0 Å². The lowest BCUT2D eigenvalue weighted by atomic mass is 10.1. The van der Waals surface area contributed by atoms with E-state index < -0.39 is 0 Å². The van der Waals surface area contributed by atoms with Crippen LogP contribution in [0.15, 0.2) is 33.1 Å². The predicted octanol–water partition coefficient (Wildman–Crippen LogP) is 4.70. The first-order valence-corrected chi connectivity index (χ1v) is 6.44. The first-order valence-electron chi connectivity index (χ1n) is 4.87. The van der Waals surface area contributed by atoms with Gasteiger partial charge in [-0.2, -0.15) is 0 Å². The van der Waals surface area contributed by atoms with Gasteiger partial charge in [0.25, 0.3) is 0 Å². The van der Waals surface area contributed by atoms with Crippen molar-refractivity contribution in [1.82, 2.24) is 0 Å². The first kappa shape index (κ1) is 12.8. The van der Waals surface area contributed by atoms with Crippen molar-refractivity contribution in [2.24, 2.45) is 4.40 Å². The Morgan fingerprint density at radius 1 is 1.33 bits per heavy atom. The number of hydrogen-bond acceptors (Lipinski definition) is 2. The molecule has 0 unspecified atom stereocenters. The number of hydrogen-bond donors (Lipinski definition) is 0. The van der Waals surface area contributed by atoms with Gasteiger partial charge in [-0.15, -0.1) is 0 Å². The summed E-state index contributed by atoms with van der Waals surface area (Å²) in [6.45, 7) is 8.53. The highest BCUT2D eigenvalue weighted by Gasteiger charge is 2.10. The van der Waals surface area contributed by atoms with Crippen molar-refractivity contribution in [2.75, 3.05) is 0 Å². The van der Waals surface area contributed by atoms with Crippen LogP contribution in [0.25, 0.3) is 0 Å². The molecule has 0 saturated heterocycles. The van der Waals surface area contributed by atoms with Gasteiger partial charge >= 0.3 is 0 Å². The van der Waals surface area contributed by atoms with E-state index in [1.807, 2.05) is 19.1 Å². The second-order valence-corrected chi connectivity index (χ2v) is 6.90. The molecule has 82 valence electrons. The number of benzene rings is 1. The molecular formula is C12H16BrNS. The maximum Gasteiger partial charge on any atom is 0.0528 e. The second kappa shape index (κ2) is 5.17. The number of rotatable bonds is 2. The third-order valence-electron chi connectivity index (χ3n) is 1.70. The zero-order valence-electron chi connectivity index (χ0n) is 9.54. The van der Waals surface area contributed by atoms with Crippen molar-refractivity contribution in [3.8, 4) is 0 Å². The number of halogens is 1. The smallest absolute Gasteiger partial charge is 0.0528 e. The van der Waals surface area contributed by atoms with Crippen LogP contribution in [0.2, 0.25) is 0 Å². The molecule has 0 aliphatic carbocycles. The molecule has 0 amide bonds. The quantitative estimate of drug-likeness (QED) is 0.567. The normalized spacial score (nSPS) is 13.0. The Kier molecular flexibility index (Phi) is 4.41. The fourth-order valence-electron chi connectivity index (χ4n) is 0.972. The lowest BCUT2D eigenvalue weighted by molar-refractivity contribution is 0.804. The van der Waals surface area contributed by atoms with Crippen LogP contribution in [-0.2, 0) is 0 Å². The summed E-state index contributed by atoms with van der Waals surface area (Å²) in [6, 6.07) is 8.21. The molecular weight excluding hydrogens is 270 g/mol. The summed E-state index contributed by atoms with van der Waals surface area (Å²) in [6.07, 6.45) is 0. The van der Waals surface area contributed by atoms with Gasteiger partial charge in [0.05, 0.1) is 5.71 Å². The monoisotopic (exact) mass is 285 g/mol. The van der Waals surface area contributed by atoms with Gasteiger partial charge in [0, 0.05) is 9.22 Å². The highest BCUT2D eigenvalue weighted by Crippen LogP contribution is 2.25. The van der Waals surface area contributed by atoms with E-state index in [9.17, 15) is 0 Å². The Bertz CT molecular complexity index is 366. The van der Waals surface area contributed by atoms with Gasteiger partial charge in [-0.25, -0.2) is 4.40 Å². The molecule has 1 nitrogen and oxygen atoms in total. The summed E-state index contributed by atoms with van der Waals surface area (Å²) in [4.78, 5) is 0. The highest BCUT2D eigenvalue weighted by atomic mass is 79.9. The average Bonchev–Trinajstić information content (AvgIpc) is 2.13. The lowest BCUT2D eigenvalue weighted by Crippen LogP contribution is -2.06. The standard InChI is InChI=1S/C12H16BrNS/c1-9(14-15-12(2,3)4)10-6-5-7-11(13)8-10/h5-8H,1-4H3/b14-9-. The summed E-state index contributed by atoms with van der Waals surface area (Å²) >= 11 is 5.07. The minimum Gasteiger partial charge on any atom is -0.220 e. The van der Waals surface area contributed by atoms with Crippen molar-refractivity contribution < 1.29 is 0 Å². The van der Waals surface area contributed by atoms with Gasteiger partial charge in [-0.1, -0.05) is 28.1 Å². The van der Waals surface area contributed by atoms with Crippen LogP contribution in [0.4, 0.5) is 0 Å². The summed E-state index contributed by atoms with van der Waals surface area (Å²) in [5, 5.41) is 0. The van der Waals surface area contributed by atoms with Gasteiger partial charge in [0.2, 0.25) is 0 Å². The molecule has 1 aromatic rings. The molecule has 0 aliphatic rings. The predicted molar refractivity (Wildman–Crippen MR) is 73.7 cm³/mol. The second-order valence-electron chi connectivity index (χ2n) is 4.39. The zero-order valence-corrected chi connectivity index (χ0v) is 11.9. The molecule has 3 heteroatoms. The molecule has 0 saturated carbocycles. The lowest BCUT2D eigenvalue weighted by Gasteiger charge is -2.13. The Morgan fingerprint density at radius 3 is 2.53 bits per heavy atom. The van der Waals surface area contributed by atoms with E-state index in [-0.39, 0.29) is 4.75 Å². The van der Waals surface area contributed by atoms with Crippen LogP contribution >= 0.6 is 27.9 Å². The van der Waals surface area contributed by atoms with Crippen molar-refractivity contribution in [2.45, 2.75) is 32.4 Å². The first-order chi connectivity index (χ1) is 6.88. The summed E-state index contributed by atoms with van der Waals surface area (Å²) in [5.41, 5.74) is 2.23. The van der Waals surface area contributed by atoms with Crippen molar-refractivity contribution >= 4 is 33.6 Å². The molecule has 0 radical (unpaired) electrons. The Balaban J connectivity index is 2.80. The minimum atomic E-state index is 0.174. The van der Waals surface area contributed by atoms with E-state index in [0.29, 0.717) is 0 Å². The molecule has 0 atom stereocenters. The topological polar surface area (TPSA) is 12.4 Å². The Hall–Kier alpha value is -0.280. The molecule has 15 heavy (non-hydrogen) atoms. The molecule has 0 fully saturated rings. The third kappa shape index (κ3) is 4.85. The third-order valence-corrected chi connectivity index (χ3v) is 3.10. The van der Waals surface area contributed by atoms with Crippen LogP contribution in [0.3, 0.4) is 0 Å². The molecule has 0 spiro atoms. The Labute approximate surface area is 105 Å². The van der Waals surface area contributed by atoms with E-state index >= 15 is 0 Å². The molecule has 0 aromatic heterocycles. The van der Waals surface area contributed by atoms with Crippen LogP contribution in [-0.4, -0.2) is 10.5 Å². The van der Waals surface area contributed by atoms with Crippen LogP contribution in [0, 0.1) is 0 Å². The molecule has 1 rings (SSSR count). The fourth-order valence-corrected chi connectivity index (χ4v) is 1.89. The van der Waals surface area contributed by atoms with Crippen molar-refractivity contribution in [3.05, 3.63) is 34.3 Å². The average molecular weight is 286 g/mol. The molecule has 0 aliphatic heterocycles. The van der Waals surface area contributed by atoms with Crippen LogP contribution < -0.4 is 0 Å². The Morgan fingerprint density at radius 2 is 2.00 bits per heavy atom. The van der Waals surface area contributed by atoms with Crippen molar-refractivity contribution in [1.29, 1.82) is 0 Å². The van der Waals surface area contributed by atoms with E-state index in [1.54, 1.807) is 11.9 Å². The van der Waals surface area contributed by atoms with Gasteiger partial charge in [0.1, 0.15) is 0 Å². The summed E-state index contributed by atoms with van der Waals surface area (Å²) < 4.78 is 5.79. The molecule has 0 bridgehead atoms. The maximum atomic E-state index is 4.52. The highest BCUT2D eigenvalue weighted by molar-refractivity contribution is 9.10. The summed E-state index contributed by atoms with van der Waals surface area (Å²) in [7, 11) is 0. The van der Waals surface area contributed by atoms with Crippen LogP contribution in [0.1, 0.15) is 33.3 Å². The molecule has 0 N–H and O–H groups in total. The fraction of sp³-hybridized carbons (Fsp3) is 0.417. The van der Waals surface area contributed by atoms with E-state index in [0.717, 1.165) is 10.2 Å². The maximum absolute atomic E-state index is 4.52. The minimum absolute atomic E-state index is 0.174. The largest absolute Gasteiger partial charge is 0.220 e. The van der Waals surface area contributed by atoms with E-state index in [4.69, 9.17) is 0 Å². The molecule has 0 heterocycles. The van der Waals surface area contributed by atoms with Gasteiger partial charge in [0.15, 0.2) is 0 Å². The van der Waals surface area contributed by atoms with E-state index in [2.05, 4.69) is 53.2 Å². The number of nitrogens with zero attached hydrogens (tertiary/aromatic N) is 1. The van der Waals surface area contributed by atoms with Gasteiger partial charge in [-0.05, 0) is 57.3 Å². The SMILES string of the molecule is C/C(=N/SC(C)(C)C)c1cccc(Br)c1. The van der Waals surface area contributed by atoms with E-state index in [1.165, 1.54) is 5.56 Å². The summed E-state index contributed by atoms with van der Waals surface area (Å²) in [5.74, 6) is 0. The van der Waals surface area contributed by atoms with Crippen molar-refractivity contribution in [3.63, 3.8) is 0 Å². The zero-order chi connectivity index (χ0) is 11.5. The van der Waals surface area contributed by atoms with Gasteiger partial charge in [-0.3, -0.25) is 0 Å².